The van der Waals surface area contributed by atoms with Crippen LogP contribution in [0.5, 0.6) is 0 Å². The first-order chi connectivity index (χ1) is 7.18. The fourth-order valence-electron chi connectivity index (χ4n) is 2.48. The Balaban J connectivity index is 1.87. The molecule has 0 spiro atoms. The number of carbonyl (C=O) groups excluding carboxylic acids is 2. The van der Waals surface area contributed by atoms with E-state index in [2.05, 4.69) is 5.32 Å². The molecule has 1 saturated carbocycles. The van der Waals surface area contributed by atoms with E-state index < -0.39 is 0 Å². The van der Waals surface area contributed by atoms with Crippen molar-refractivity contribution in [3.05, 3.63) is 0 Å². The summed E-state index contributed by atoms with van der Waals surface area (Å²) >= 11 is 0. The Hall–Kier alpha value is -1.06. The van der Waals surface area contributed by atoms with E-state index in [1.54, 1.807) is 11.9 Å². The molecule has 1 N–H and O–H groups in total. The van der Waals surface area contributed by atoms with E-state index in [1.807, 2.05) is 0 Å². The average molecular weight is 210 g/mol. The van der Waals surface area contributed by atoms with Crippen molar-refractivity contribution in [1.29, 1.82) is 0 Å². The maximum atomic E-state index is 11.9. The first kappa shape index (κ1) is 10.5. The number of amides is 2. The molecule has 4 heteroatoms. The van der Waals surface area contributed by atoms with Crippen LogP contribution in [0.2, 0.25) is 0 Å². The summed E-state index contributed by atoms with van der Waals surface area (Å²) in [6.07, 6.45) is 5.80. The zero-order valence-electron chi connectivity index (χ0n) is 9.16. The molecule has 2 amide bonds. The standard InChI is InChI=1S/C11H18N2O2/c1-13-9(6-7-10(13)14)11(15)12-8-4-2-3-5-8/h8-9H,2-7H2,1H3,(H,12,15). The number of hydrogen-bond acceptors (Lipinski definition) is 2. The molecule has 1 heterocycles. The van der Waals surface area contributed by atoms with E-state index in [0.29, 0.717) is 18.9 Å². The third-order valence-corrected chi connectivity index (χ3v) is 3.50. The highest BCUT2D eigenvalue weighted by molar-refractivity contribution is 5.90. The molecule has 0 aromatic rings. The van der Waals surface area contributed by atoms with Gasteiger partial charge in [-0.1, -0.05) is 12.8 Å². The molecule has 84 valence electrons. The van der Waals surface area contributed by atoms with Gasteiger partial charge in [0, 0.05) is 19.5 Å². The van der Waals surface area contributed by atoms with Crippen molar-refractivity contribution in [2.75, 3.05) is 7.05 Å². The van der Waals surface area contributed by atoms with Crippen molar-refractivity contribution in [1.82, 2.24) is 10.2 Å². The van der Waals surface area contributed by atoms with E-state index in [1.165, 1.54) is 12.8 Å². The average Bonchev–Trinajstić information content (AvgIpc) is 2.79. The van der Waals surface area contributed by atoms with E-state index in [9.17, 15) is 9.59 Å². The Kier molecular flexibility index (Phi) is 2.93. The number of rotatable bonds is 2. The minimum atomic E-state index is -0.224. The van der Waals surface area contributed by atoms with Crippen LogP contribution in [0.3, 0.4) is 0 Å². The molecule has 1 aliphatic heterocycles. The molecule has 1 aliphatic carbocycles. The third-order valence-electron chi connectivity index (χ3n) is 3.50. The summed E-state index contributed by atoms with van der Waals surface area (Å²) in [5.41, 5.74) is 0. The van der Waals surface area contributed by atoms with Crippen LogP contribution in [-0.4, -0.2) is 35.8 Å². The predicted molar refractivity (Wildman–Crippen MR) is 56.2 cm³/mol. The van der Waals surface area contributed by atoms with E-state index in [0.717, 1.165) is 12.8 Å². The summed E-state index contributed by atoms with van der Waals surface area (Å²) in [6.45, 7) is 0. The van der Waals surface area contributed by atoms with Gasteiger partial charge in [0.1, 0.15) is 6.04 Å². The first-order valence-corrected chi connectivity index (χ1v) is 5.74. The van der Waals surface area contributed by atoms with Crippen LogP contribution < -0.4 is 5.32 Å². The maximum absolute atomic E-state index is 11.9. The molecule has 15 heavy (non-hydrogen) atoms. The van der Waals surface area contributed by atoms with Gasteiger partial charge in [0.15, 0.2) is 0 Å². The lowest BCUT2D eigenvalue weighted by Gasteiger charge is -2.21. The lowest BCUT2D eigenvalue weighted by Crippen LogP contribution is -2.45. The summed E-state index contributed by atoms with van der Waals surface area (Å²) in [6, 6.07) is 0.125. The summed E-state index contributed by atoms with van der Waals surface area (Å²) in [7, 11) is 1.72. The molecule has 0 aromatic heterocycles. The number of likely N-dealkylation sites (N-methyl/N-ethyl adjacent to an activating group) is 1. The maximum Gasteiger partial charge on any atom is 0.243 e. The number of likely N-dealkylation sites (tertiary alicyclic amines) is 1. The highest BCUT2D eigenvalue weighted by Gasteiger charge is 2.34. The zero-order chi connectivity index (χ0) is 10.8. The van der Waals surface area contributed by atoms with Crippen molar-refractivity contribution in [2.24, 2.45) is 0 Å². The van der Waals surface area contributed by atoms with Gasteiger partial charge in [-0.3, -0.25) is 9.59 Å². The highest BCUT2D eigenvalue weighted by Crippen LogP contribution is 2.20. The van der Waals surface area contributed by atoms with Crippen LogP contribution in [0.25, 0.3) is 0 Å². The smallest absolute Gasteiger partial charge is 0.243 e. The van der Waals surface area contributed by atoms with Crippen molar-refractivity contribution in [3.8, 4) is 0 Å². The molecule has 2 rings (SSSR count). The molecule has 0 bridgehead atoms. The Morgan fingerprint density at radius 2 is 2.00 bits per heavy atom. The number of nitrogens with zero attached hydrogens (tertiary/aromatic N) is 1. The van der Waals surface area contributed by atoms with E-state index in [-0.39, 0.29) is 17.9 Å². The van der Waals surface area contributed by atoms with Crippen LogP contribution in [0, 0.1) is 0 Å². The van der Waals surface area contributed by atoms with Gasteiger partial charge in [0.05, 0.1) is 0 Å². The van der Waals surface area contributed by atoms with Gasteiger partial charge >= 0.3 is 0 Å². The van der Waals surface area contributed by atoms with Crippen LogP contribution in [0.4, 0.5) is 0 Å². The fourth-order valence-corrected chi connectivity index (χ4v) is 2.48. The molecular weight excluding hydrogens is 192 g/mol. The molecule has 1 atom stereocenters. The lowest BCUT2D eigenvalue weighted by atomic mass is 10.2. The van der Waals surface area contributed by atoms with Gasteiger partial charge in [-0.25, -0.2) is 0 Å². The summed E-state index contributed by atoms with van der Waals surface area (Å²) in [5, 5.41) is 3.04. The minimum Gasteiger partial charge on any atom is -0.352 e. The van der Waals surface area contributed by atoms with Crippen molar-refractivity contribution in [3.63, 3.8) is 0 Å². The Bertz CT molecular complexity index is 272. The third kappa shape index (κ3) is 2.13. The minimum absolute atomic E-state index is 0.0373. The SMILES string of the molecule is CN1C(=O)CCC1C(=O)NC1CCCC1. The zero-order valence-corrected chi connectivity index (χ0v) is 9.16. The molecule has 1 saturated heterocycles. The second kappa shape index (κ2) is 4.21. The summed E-state index contributed by atoms with van der Waals surface area (Å²) in [4.78, 5) is 24.7. The topological polar surface area (TPSA) is 49.4 Å². The number of carbonyl (C=O) groups is 2. The van der Waals surface area contributed by atoms with Gasteiger partial charge in [-0.05, 0) is 19.3 Å². The van der Waals surface area contributed by atoms with Crippen LogP contribution in [0.15, 0.2) is 0 Å². The van der Waals surface area contributed by atoms with Crippen LogP contribution in [0.1, 0.15) is 38.5 Å². The number of hydrogen-bond donors (Lipinski definition) is 1. The Morgan fingerprint density at radius 3 is 2.53 bits per heavy atom. The number of nitrogens with one attached hydrogen (secondary N) is 1. The summed E-state index contributed by atoms with van der Waals surface area (Å²) in [5.74, 6) is 0.122. The molecule has 2 fully saturated rings. The van der Waals surface area contributed by atoms with Gasteiger partial charge < -0.3 is 10.2 Å². The van der Waals surface area contributed by atoms with E-state index >= 15 is 0 Å². The van der Waals surface area contributed by atoms with Gasteiger partial charge in [-0.2, -0.15) is 0 Å². The normalized spacial score (nSPS) is 27.4. The van der Waals surface area contributed by atoms with Crippen molar-refractivity contribution in [2.45, 2.75) is 50.6 Å². The first-order valence-electron chi connectivity index (χ1n) is 5.74. The molecule has 0 aromatic carbocycles. The fraction of sp³-hybridized carbons (Fsp3) is 0.818. The molecule has 1 unspecified atom stereocenters. The molecular formula is C11H18N2O2. The van der Waals surface area contributed by atoms with E-state index in [4.69, 9.17) is 0 Å². The molecule has 4 nitrogen and oxygen atoms in total. The molecule has 2 aliphatic rings. The Morgan fingerprint density at radius 1 is 1.33 bits per heavy atom. The monoisotopic (exact) mass is 210 g/mol. The second-order valence-electron chi connectivity index (χ2n) is 4.55. The Labute approximate surface area is 90.0 Å². The second-order valence-corrected chi connectivity index (χ2v) is 4.55. The molecule has 0 radical (unpaired) electrons. The van der Waals surface area contributed by atoms with Crippen LogP contribution >= 0.6 is 0 Å². The van der Waals surface area contributed by atoms with Crippen molar-refractivity contribution < 1.29 is 9.59 Å². The quantitative estimate of drug-likeness (QED) is 0.728. The lowest BCUT2D eigenvalue weighted by molar-refractivity contribution is -0.134. The largest absolute Gasteiger partial charge is 0.352 e. The van der Waals surface area contributed by atoms with Crippen molar-refractivity contribution >= 4 is 11.8 Å². The predicted octanol–water partition coefficient (Wildman–Crippen LogP) is 0.666. The van der Waals surface area contributed by atoms with Crippen LogP contribution in [-0.2, 0) is 9.59 Å². The summed E-state index contributed by atoms with van der Waals surface area (Å²) < 4.78 is 0. The van der Waals surface area contributed by atoms with Gasteiger partial charge in [0.25, 0.3) is 0 Å². The van der Waals surface area contributed by atoms with Gasteiger partial charge in [-0.15, -0.1) is 0 Å². The highest BCUT2D eigenvalue weighted by atomic mass is 16.2. The van der Waals surface area contributed by atoms with Gasteiger partial charge in [0.2, 0.25) is 11.8 Å².